The van der Waals surface area contributed by atoms with Gasteiger partial charge in [0.05, 0.1) is 7.11 Å². The quantitative estimate of drug-likeness (QED) is 0.795. The van der Waals surface area contributed by atoms with E-state index in [1.54, 1.807) is 19.2 Å². The Morgan fingerprint density at radius 1 is 1.12 bits per heavy atom. The summed E-state index contributed by atoms with van der Waals surface area (Å²) >= 11 is 0. The Bertz CT molecular complexity index is 653. The third kappa shape index (κ3) is 5.30. The van der Waals surface area contributed by atoms with Crippen LogP contribution in [-0.2, 0) is 6.61 Å². The summed E-state index contributed by atoms with van der Waals surface area (Å²) in [7, 11) is 1.61. The van der Waals surface area contributed by atoms with Gasteiger partial charge in [-0.05, 0) is 42.7 Å². The van der Waals surface area contributed by atoms with E-state index >= 15 is 0 Å². The van der Waals surface area contributed by atoms with Crippen LogP contribution in [0.15, 0.2) is 48.5 Å². The second-order valence-corrected chi connectivity index (χ2v) is 6.07. The monoisotopic (exact) mass is 327 g/mol. The third-order valence-corrected chi connectivity index (χ3v) is 3.69. The minimum atomic E-state index is -0.0701. The van der Waals surface area contributed by atoms with Crippen LogP contribution in [0.5, 0.6) is 11.5 Å². The molecular weight excluding hydrogens is 302 g/mol. The lowest BCUT2D eigenvalue weighted by Crippen LogP contribution is -2.25. The zero-order valence-corrected chi connectivity index (χ0v) is 14.5. The molecule has 2 aromatic carbocycles. The molecule has 0 saturated heterocycles. The van der Waals surface area contributed by atoms with Crippen molar-refractivity contribution in [1.29, 1.82) is 0 Å². The van der Waals surface area contributed by atoms with E-state index in [4.69, 9.17) is 9.47 Å². The Kier molecular flexibility index (Phi) is 6.67. The van der Waals surface area contributed by atoms with E-state index in [1.807, 2.05) is 36.4 Å². The van der Waals surface area contributed by atoms with Crippen LogP contribution in [0, 0.1) is 5.92 Å². The SMILES string of the molecule is COc1ccc(C(=O)NCCC(C)C)cc1COc1ccccc1. The summed E-state index contributed by atoms with van der Waals surface area (Å²) < 4.78 is 11.1. The topological polar surface area (TPSA) is 47.6 Å². The summed E-state index contributed by atoms with van der Waals surface area (Å²) in [5, 5.41) is 2.95. The van der Waals surface area contributed by atoms with E-state index < -0.39 is 0 Å². The number of ether oxygens (including phenoxy) is 2. The minimum Gasteiger partial charge on any atom is -0.496 e. The van der Waals surface area contributed by atoms with Crippen molar-refractivity contribution in [3.8, 4) is 11.5 Å². The van der Waals surface area contributed by atoms with Gasteiger partial charge in [0.1, 0.15) is 18.1 Å². The molecule has 0 radical (unpaired) electrons. The lowest BCUT2D eigenvalue weighted by atomic mass is 10.1. The molecule has 24 heavy (non-hydrogen) atoms. The number of hydrogen-bond donors (Lipinski definition) is 1. The van der Waals surface area contributed by atoms with Crippen LogP contribution in [0.3, 0.4) is 0 Å². The van der Waals surface area contributed by atoms with Gasteiger partial charge in [0.15, 0.2) is 0 Å². The molecule has 0 fully saturated rings. The molecular formula is C20H25NO3. The molecule has 2 aromatic rings. The van der Waals surface area contributed by atoms with Crippen molar-refractivity contribution in [3.63, 3.8) is 0 Å². The van der Waals surface area contributed by atoms with E-state index in [1.165, 1.54) is 0 Å². The third-order valence-electron chi connectivity index (χ3n) is 3.69. The average molecular weight is 327 g/mol. The van der Waals surface area contributed by atoms with E-state index in [0.29, 0.717) is 30.4 Å². The lowest BCUT2D eigenvalue weighted by molar-refractivity contribution is 0.0952. The predicted molar refractivity (Wildman–Crippen MR) is 95.6 cm³/mol. The molecule has 0 heterocycles. The van der Waals surface area contributed by atoms with Gasteiger partial charge in [0, 0.05) is 17.7 Å². The maximum Gasteiger partial charge on any atom is 0.251 e. The highest BCUT2D eigenvalue weighted by molar-refractivity contribution is 5.94. The van der Waals surface area contributed by atoms with Crippen molar-refractivity contribution in [2.75, 3.05) is 13.7 Å². The van der Waals surface area contributed by atoms with Crippen molar-refractivity contribution < 1.29 is 14.3 Å². The van der Waals surface area contributed by atoms with Gasteiger partial charge in [-0.15, -0.1) is 0 Å². The zero-order valence-electron chi connectivity index (χ0n) is 14.5. The molecule has 0 aromatic heterocycles. The summed E-state index contributed by atoms with van der Waals surface area (Å²) in [5.74, 6) is 1.99. The summed E-state index contributed by atoms with van der Waals surface area (Å²) in [6.07, 6.45) is 0.964. The summed E-state index contributed by atoms with van der Waals surface area (Å²) in [4.78, 5) is 12.3. The van der Waals surface area contributed by atoms with E-state index in [-0.39, 0.29) is 5.91 Å². The van der Waals surface area contributed by atoms with Gasteiger partial charge in [0.2, 0.25) is 0 Å². The molecule has 1 N–H and O–H groups in total. The first-order valence-corrected chi connectivity index (χ1v) is 8.23. The van der Waals surface area contributed by atoms with Crippen LogP contribution in [0.1, 0.15) is 36.2 Å². The number of benzene rings is 2. The Balaban J connectivity index is 2.05. The van der Waals surface area contributed by atoms with E-state index in [2.05, 4.69) is 19.2 Å². The first-order valence-electron chi connectivity index (χ1n) is 8.23. The van der Waals surface area contributed by atoms with Gasteiger partial charge < -0.3 is 14.8 Å². The molecule has 0 spiro atoms. The maximum absolute atomic E-state index is 12.3. The number of hydrogen-bond acceptors (Lipinski definition) is 3. The van der Waals surface area contributed by atoms with Gasteiger partial charge in [-0.1, -0.05) is 32.0 Å². The first kappa shape index (κ1) is 17.9. The maximum atomic E-state index is 12.3. The van der Waals surface area contributed by atoms with Gasteiger partial charge in [-0.3, -0.25) is 4.79 Å². The molecule has 0 aliphatic rings. The molecule has 0 unspecified atom stereocenters. The first-order chi connectivity index (χ1) is 11.6. The second-order valence-electron chi connectivity index (χ2n) is 6.07. The van der Waals surface area contributed by atoms with Crippen LogP contribution in [0.4, 0.5) is 0 Å². The molecule has 0 atom stereocenters. The van der Waals surface area contributed by atoms with E-state index in [0.717, 1.165) is 17.7 Å². The summed E-state index contributed by atoms with van der Waals surface area (Å²) in [5.41, 5.74) is 1.46. The number of amides is 1. The van der Waals surface area contributed by atoms with Crippen molar-refractivity contribution in [2.45, 2.75) is 26.9 Å². The largest absolute Gasteiger partial charge is 0.496 e. The summed E-state index contributed by atoms with van der Waals surface area (Å²) in [6, 6.07) is 15.0. The highest BCUT2D eigenvalue weighted by atomic mass is 16.5. The Hall–Kier alpha value is -2.49. The Labute approximate surface area is 143 Å². The number of para-hydroxylation sites is 1. The Morgan fingerprint density at radius 2 is 1.88 bits per heavy atom. The molecule has 0 aliphatic heterocycles. The van der Waals surface area contributed by atoms with Gasteiger partial charge >= 0.3 is 0 Å². The normalized spacial score (nSPS) is 10.5. The fourth-order valence-electron chi connectivity index (χ4n) is 2.29. The summed E-state index contributed by atoms with van der Waals surface area (Å²) in [6.45, 7) is 5.30. The van der Waals surface area contributed by atoms with Crippen molar-refractivity contribution in [2.24, 2.45) is 5.92 Å². The van der Waals surface area contributed by atoms with Gasteiger partial charge in [-0.2, -0.15) is 0 Å². The van der Waals surface area contributed by atoms with Crippen LogP contribution in [0.25, 0.3) is 0 Å². The molecule has 0 saturated carbocycles. The van der Waals surface area contributed by atoms with Gasteiger partial charge in [-0.25, -0.2) is 0 Å². The van der Waals surface area contributed by atoms with Gasteiger partial charge in [0.25, 0.3) is 5.91 Å². The lowest BCUT2D eigenvalue weighted by Gasteiger charge is -2.13. The second kappa shape index (κ2) is 8.96. The van der Waals surface area contributed by atoms with Crippen LogP contribution >= 0.6 is 0 Å². The van der Waals surface area contributed by atoms with Crippen LogP contribution < -0.4 is 14.8 Å². The fraction of sp³-hybridized carbons (Fsp3) is 0.350. The van der Waals surface area contributed by atoms with Crippen LogP contribution in [-0.4, -0.2) is 19.6 Å². The number of carbonyl (C=O) groups is 1. The zero-order chi connectivity index (χ0) is 17.4. The Morgan fingerprint density at radius 3 is 2.54 bits per heavy atom. The fourth-order valence-corrected chi connectivity index (χ4v) is 2.29. The molecule has 128 valence electrons. The number of nitrogens with one attached hydrogen (secondary N) is 1. The van der Waals surface area contributed by atoms with E-state index in [9.17, 15) is 4.79 Å². The molecule has 4 nitrogen and oxygen atoms in total. The minimum absolute atomic E-state index is 0.0701. The molecule has 4 heteroatoms. The highest BCUT2D eigenvalue weighted by Gasteiger charge is 2.11. The average Bonchev–Trinajstić information content (AvgIpc) is 2.60. The number of rotatable bonds is 8. The highest BCUT2D eigenvalue weighted by Crippen LogP contribution is 2.22. The molecule has 2 rings (SSSR count). The number of methoxy groups -OCH3 is 1. The van der Waals surface area contributed by atoms with Crippen molar-refractivity contribution in [3.05, 3.63) is 59.7 Å². The predicted octanol–water partition coefficient (Wildman–Crippen LogP) is 4.05. The van der Waals surface area contributed by atoms with Crippen LogP contribution in [0.2, 0.25) is 0 Å². The number of carbonyl (C=O) groups excluding carboxylic acids is 1. The van der Waals surface area contributed by atoms with Crippen molar-refractivity contribution >= 4 is 5.91 Å². The molecule has 1 amide bonds. The standard InChI is InChI=1S/C20H25NO3/c1-15(2)11-12-21-20(22)16-9-10-19(23-3)17(13-16)14-24-18-7-5-4-6-8-18/h4-10,13,15H,11-12,14H2,1-3H3,(H,21,22). The molecule has 0 aliphatic carbocycles. The molecule has 0 bridgehead atoms. The van der Waals surface area contributed by atoms with Crippen molar-refractivity contribution in [1.82, 2.24) is 5.32 Å². The smallest absolute Gasteiger partial charge is 0.251 e.